The van der Waals surface area contributed by atoms with Crippen molar-refractivity contribution in [3.63, 3.8) is 0 Å². The van der Waals surface area contributed by atoms with Crippen LogP contribution in [0.15, 0.2) is 67.0 Å². The fourth-order valence-electron chi connectivity index (χ4n) is 4.28. The van der Waals surface area contributed by atoms with E-state index in [1.165, 1.54) is 0 Å². The Morgan fingerprint density at radius 1 is 1.08 bits per heavy atom. The maximum atomic E-state index is 13.7. The summed E-state index contributed by atoms with van der Waals surface area (Å²) >= 11 is 0. The zero-order valence-corrected chi connectivity index (χ0v) is 20.0. The summed E-state index contributed by atoms with van der Waals surface area (Å²) < 4.78 is 12.3. The minimum Gasteiger partial charge on any atom is -0.454 e. The maximum Gasteiger partial charge on any atom is 0.247 e. The highest BCUT2D eigenvalue weighted by atomic mass is 16.7. The molecule has 0 saturated carbocycles. The van der Waals surface area contributed by atoms with Gasteiger partial charge in [-0.1, -0.05) is 37.3 Å². The van der Waals surface area contributed by atoms with E-state index in [-0.39, 0.29) is 37.6 Å². The van der Waals surface area contributed by atoms with Crippen molar-refractivity contribution in [2.24, 2.45) is 5.92 Å². The summed E-state index contributed by atoms with van der Waals surface area (Å²) in [4.78, 5) is 33.0. The van der Waals surface area contributed by atoms with Crippen LogP contribution in [0.4, 0.5) is 5.69 Å². The van der Waals surface area contributed by atoms with Gasteiger partial charge in [-0.3, -0.25) is 14.6 Å². The molecule has 1 aliphatic rings. The first-order chi connectivity index (χ1) is 17.5. The Morgan fingerprint density at radius 3 is 2.72 bits per heavy atom. The Kier molecular flexibility index (Phi) is 6.48. The van der Waals surface area contributed by atoms with Gasteiger partial charge in [0.1, 0.15) is 18.1 Å². The van der Waals surface area contributed by atoms with E-state index in [0.717, 1.165) is 11.1 Å². The monoisotopic (exact) mass is 486 g/mol. The van der Waals surface area contributed by atoms with Crippen molar-refractivity contribution in [3.05, 3.63) is 72.6 Å². The molecule has 5 rings (SSSR count). The third kappa shape index (κ3) is 4.83. The smallest absolute Gasteiger partial charge is 0.247 e. The maximum absolute atomic E-state index is 13.7. The molecule has 10 nitrogen and oxygen atoms in total. The normalized spacial score (nSPS) is 13.1. The van der Waals surface area contributed by atoms with Crippen LogP contribution in [0, 0.1) is 5.92 Å². The third-order valence-electron chi connectivity index (χ3n) is 5.98. The van der Waals surface area contributed by atoms with Crippen LogP contribution >= 0.6 is 0 Å². The molecular formula is C26H26N6O4. The van der Waals surface area contributed by atoms with E-state index < -0.39 is 6.04 Å². The Labute approximate surface area is 207 Å². The topological polar surface area (TPSA) is 111 Å². The number of hydrogen-bond acceptors (Lipinski definition) is 7. The highest BCUT2D eigenvalue weighted by molar-refractivity contribution is 5.97. The first-order valence-electron chi connectivity index (χ1n) is 11.7. The number of amides is 2. The Bertz CT molecular complexity index is 1390. The van der Waals surface area contributed by atoms with E-state index in [2.05, 4.69) is 20.6 Å². The van der Waals surface area contributed by atoms with Crippen LogP contribution in [-0.2, 0) is 22.7 Å². The number of nitrogens with one attached hydrogen (secondary N) is 1. The van der Waals surface area contributed by atoms with Gasteiger partial charge in [0.15, 0.2) is 11.5 Å². The number of hydrogen-bond donors (Lipinski definition) is 1. The van der Waals surface area contributed by atoms with Crippen molar-refractivity contribution < 1.29 is 19.1 Å². The van der Waals surface area contributed by atoms with Gasteiger partial charge in [0.25, 0.3) is 0 Å². The average molecular weight is 487 g/mol. The van der Waals surface area contributed by atoms with Crippen LogP contribution in [0.1, 0.15) is 19.4 Å². The highest BCUT2D eigenvalue weighted by Crippen LogP contribution is 2.34. The van der Waals surface area contributed by atoms with Gasteiger partial charge >= 0.3 is 0 Å². The lowest BCUT2D eigenvalue weighted by Gasteiger charge is -2.33. The number of nitrogens with zero attached hydrogens (tertiary/aromatic N) is 5. The molecule has 184 valence electrons. The molecule has 0 bridgehead atoms. The van der Waals surface area contributed by atoms with Gasteiger partial charge in [-0.15, -0.1) is 5.10 Å². The van der Waals surface area contributed by atoms with Crippen LogP contribution in [0.25, 0.3) is 11.0 Å². The number of rotatable bonds is 8. The molecule has 0 spiro atoms. The number of anilines is 1. The lowest BCUT2D eigenvalue weighted by Crippen LogP contribution is -2.50. The van der Waals surface area contributed by atoms with Gasteiger partial charge in [-0.2, -0.15) is 0 Å². The molecule has 1 atom stereocenters. The molecule has 0 aliphatic carbocycles. The van der Waals surface area contributed by atoms with Crippen LogP contribution in [0.5, 0.6) is 11.5 Å². The second-order valence-electron chi connectivity index (χ2n) is 8.86. The van der Waals surface area contributed by atoms with Gasteiger partial charge in [-0.05, 0) is 41.8 Å². The number of benzene rings is 2. The molecule has 0 fully saturated rings. The molecule has 1 aliphatic heterocycles. The molecule has 10 heteroatoms. The predicted molar refractivity (Wildman–Crippen MR) is 132 cm³/mol. The average Bonchev–Trinajstić information content (AvgIpc) is 3.51. The number of carbonyl (C=O) groups is 2. The van der Waals surface area contributed by atoms with E-state index in [4.69, 9.17) is 9.47 Å². The highest BCUT2D eigenvalue weighted by Gasteiger charge is 2.33. The van der Waals surface area contributed by atoms with Crippen LogP contribution < -0.4 is 14.8 Å². The summed E-state index contributed by atoms with van der Waals surface area (Å²) in [6, 6.07) is 15.6. The Balaban J connectivity index is 1.43. The minimum absolute atomic E-state index is 0.0543. The van der Waals surface area contributed by atoms with Crippen LogP contribution in [-0.4, -0.2) is 49.5 Å². The van der Waals surface area contributed by atoms with Crippen molar-refractivity contribution >= 4 is 28.5 Å². The number of aromatic nitrogens is 4. The van der Waals surface area contributed by atoms with Crippen molar-refractivity contribution in [3.8, 4) is 11.5 Å². The van der Waals surface area contributed by atoms with Crippen molar-refractivity contribution in [1.29, 1.82) is 0 Å². The molecule has 2 aromatic carbocycles. The van der Waals surface area contributed by atoms with E-state index in [0.29, 0.717) is 22.7 Å². The quantitative estimate of drug-likeness (QED) is 0.407. The second kappa shape index (κ2) is 10.0. The number of fused-ring (bicyclic) bond motifs is 2. The molecule has 3 heterocycles. The summed E-state index contributed by atoms with van der Waals surface area (Å²) in [5.41, 5.74) is 2.82. The molecule has 0 radical (unpaired) electrons. The summed E-state index contributed by atoms with van der Waals surface area (Å²) in [6.45, 7) is 4.14. The van der Waals surface area contributed by atoms with Crippen molar-refractivity contribution in [1.82, 2.24) is 24.9 Å². The van der Waals surface area contributed by atoms with Gasteiger partial charge in [0.05, 0.1) is 5.52 Å². The summed E-state index contributed by atoms with van der Waals surface area (Å²) in [5, 5.41) is 11.2. The van der Waals surface area contributed by atoms with Crippen molar-refractivity contribution in [2.45, 2.75) is 33.0 Å². The molecule has 0 saturated heterocycles. The lowest BCUT2D eigenvalue weighted by molar-refractivity contribution is -0.141. The summed E-state index contributed by atoms with van der Waals surface area (Å²) in [5.74, 6) is 0.461. The molecule has 2 amide bonds. The first kappa shape index (κ1) is 23.3. The Morgan fingerprint density at radius 2 is 1.92 bits per heavy atom. The van der Waals surface area contributed by atoms with Gasteiger partial charge in [0.2, 0.25) is 18.6 Å². The molecule has 1 N–H and O–H groups in total. The first-order valence-corrected chi connectivity index (χ1v) is 11.7. The minimum atomic E-state index is -0.752. The zero-order chi connectivity index (χ0) is 25.1. The van der Waals surface area contributed by atoms with E-state index in [1.807, 2.05) is 44.2 Å². The zero-order valence-electron chi connectivity index (χ0n) is 20.0. The van der Waals surface area contributed by atoms with E-state index in [9.17, 15) is 9.59 Å². The fraction of sp³-hybridized carbons (Fsp3) is 0.269. The van der Waals surface area contributed by atoms with Gasteiger partial charge in [-0.25, -0.2) is 4.68 Å². The van der Waals surface area contributed by atoms with Crippen molar-refractivity contribution in [2.75, 3.05) is 12.1 Å². The van der Waals surface area contributed by atoms with E-state index >= 15 is 0 Å². The van der Waals surface area contributed by atoms with Gasteiger partial charge in [0, 0.05) is 30.7 Å². The Hall–Kier alpha value is -4.47. The van der Waals surface area contributed by atoms with E-state index in [1.54, 1.807) is 46.2 Å². The largest absolute Gasteiger partial charge is 0.454 e. The molecule has 36 heavy (non-hydrogen) atoms. The fourth-order valence-corrected chi connectivity index (χ4v) is 4.28. The SMILES string of the molecule is CC(C)C(C(=O)Nc1ccc2c(c1)OCO2)N(Cc1cccnc1)C(=O)Cn1nnc2ccccc21. The molecule has 2 aromatic heterocycles. The van der Waals surface area contributed by atoms with Gasteiger partial charge < -0.3 is 19.7 Å². The molecule has 4 aromatic rings. The van der Waals surface area contributed by atoms with Crippen LogP contribution in [0.2, 0.25) is 0 Å². The predicted octanol–water partition coefficient (Wildman–Crippen LogP) is 3.25. The third-order valence-corrected chi connectivity index (χ3v) is 5.98. The number of carbonyl (C=O) groups excluding carboxylic acids is 2. The summed E-state index contributed by atoms with van der Waals surface area (Å²) in [6.07, 6.45) is 3.36. The van der Waals surface area contributed by atoms with Crippen LogP contribution in [0.3, 0.4) is 0 Å². The number of para-hydroxylation sites is 1. The summed E-state index contributed by atoms with van der Waals surface area (Å²) in [7, 11) is 0. The standard InChI is InChI=1S/C26H26N6O4/c1-17(2)25(26(34)28-19-9-10-22-23(12-19)36-16-35-22)31(14-18-6-5-11-27-13-18)24(33)15-32-21-8-4-3-7-20(21)29-30-32/h3-13,17,25H,14-16H2,1-2H3,(H,28,34). The molecule has 1 unspecified atom stereocenters. The number of pyridine rings is 1. The number of ether oxygens (including phenoxy) is 2. The molecular weight excluding hydrogens is 460 g/mol. The second-order valence-corrected chi connectivity index (χ2v) is 8.86. The lowest BCUT2D eigenvalue weighted by atomic mass is 10.00.